The number of H-pyrrole nitrogens is 1. The number of halogens is 1. The number of aromatic amines is 1. The highest BCUT2D eigenvalue weighted by Crippen LogP contribution is 2.16. The van der Waals surface area contributed by atoms with Gasteiger partial charge in [0, 0.05) is 13.0 Å². The van der Waals surface area contributed by atoms with Gasteiger partial charge in [-0.3, -0.25) is 0 Å². The molecule has 0 aliphatic heterocycles. The Balaban J connectivity index is 2.25. The molecular weight excluding hydrogens is 193 g/mol. The van der Waals surface area contributed by atoms with Gasteiger partial charge in [-0.15, -0.1) is 0 Å². The molecule has 2 aromatic heterocycles. The second kappa shape index (κ2) is 4.40. The third-order valence-corrected chi connectivity index (χ3v) is 2.26. The van der Waals surface area contributed by atoms with Crippen LogP contribution in [-0.4, -0.2) is 23.0 Å². The van der Waals surface area contributed by atoms with Crippen LogP contribution in [0.2, 0.25) is 0 Å². The lowest BCUT2D eigenvalue weighted by atomic mass is 10.1. The fourth-order valence-electron chi connectivity index (χ4n) is 1.53. The van der Waals surface area contributed by atoms with Crippen molar-refractivity contribution in [2.24, 2.45) is 0 Å². The van der Waals surface area contributed by atoms with E-state index in [2.05, 4.69) is 15.3 Å². The minimum atomic E-state index is -0.491. The van der Waals surface area contributed by atoms with Crippen molar-refractivity contribution in [3.8, 4) is 0 Å². The number of aromatic nitrogens is 2. The molecule has 0 saturated carbocycles. The molecule has 1 unspecified atom stereocenters. The predicted octanol–water partition coefficient (Wildman–Crippen LogP) is 1.85. The first-order valence-corrected chi connectivity index (χ1v) is 4.99. The van der Waals surface area contributed by atoms with Crippen molar-refractivity contribution < 1.29 is 5.76 Å². The Morgan fingerprint density at radius 2 is 2.47 bits per heavy atom. The van der Waals surface area contributed by atoms with E-state index < -0.39 is 5.95 Å². The Hall–Kier alpha value is -1.42. The van der Waals surface area contributed by atoms with Gasteiger partial charge in [-0.25, -0.2) is 4.98 Å². The van der Waals surface area contributed by atoms with Crippen LogP contribution in [-0.2, 0) is 6.42 Å². The van der Waals surface area contributed by atoms with Gasteiger partial charge in [-0.2, -0.15) is 4.39 Å². The maximum absolute atomic E-state index is 12.8. The van der Waals surface area contributed by atoms with E-state index in [9.17, 15) is 4.39 Å². The Morgan fingerprint density at radius 3 is 3.27 bits per heavy atom. The van der Waals surface area contributed by atoms with Gasteiger partial charge in [0.2, 0.25) is 5.95 Å². The normalized spacial score (nSPS) is 14.1. The summed E-state index contributed by atoms with van der Waals surface area (Å²) in [4.78, 5) is 6.66. The standard InChI is InChI=1S/C11H14FN3/c1-2-13-6-5-8-7-14-11-9(8)3-4-10(12)15-11/h3-4,7,13H,2,5-6H2,1H3,(H,14,15)/i6D. The second-order valence-corrected chi connectivity index (χ2v) is 3.31. The molecule has 0 amide bonds. The number of hydrogen-bond donors (Lipinski definition) is 2. The van der Waals surface area contributed by atoms with E-state index in [1.165, 1.54) is 6.07 Å². The van der Waals surface area contributed by atoms with Gasteiger partial charge in [-0.05, 0) is 37.2 Å². The van der Waals surface area contributed by atoms with Gasteiger partial charge in [0.25, 0.3) is 0 Å². The fourth-order valence-corrected chi connectivity index (χ4v) is 1.53. The largest absolute Gasteiger partial charge is 0.346 e. The first-order valence-electron chi connectivity index (χ1n) is 5.56. The highest BCUT2D eigenvalue weighted by molar-refractivity contribution is 5.79. The fraction of sp³-hybridized carbons (Fsp3) is 0.364. The molecule has 1 atom stereocenters. The zero-order chi connectivity index (χ0) is 11.5. The summed E-state index contributed by atoms with van der Waals surface area (Å²) in [5.41, 5.74) is 1.53. The smallest absolute Gasteiger partial charge is 0.214 e. The molecule has 80 valence electrons. The zero-order valence-electron chi connectivity index (χ0n) is 9.55. The minimum Gasteiger partial charge on any atom is -0.346 e. The van der Waals surface area contributed by atoms with Gasteiger partial charge in [0.15, 0.2) is 0 Å². The highest BCUT2D eigenvalue weighted by Gasteiger charge is 2.04. The number of likely N-dealkylation sites (N-methyl/N-ethyl adjacent to an activating group) is 1. The van der Waals surface area contributed by atoms with Crippen LogP contribution >= 0.6 is 0 Å². The van der Waals surface area contributed by atoms with Crippen molar-refractivity contribution in [2.45, 2.75) is 13.3 Å². The molecular formula is C11H14FN3. The van der Waals surface area contributed by atoms with E-state index in [1.54, 1.807) is 12.3 Å². The molecule has 2 heterocycles. The quantitative estimate of drug-likeness (QED) is 0.753. The number of hydrogen-bond acceptors (Lipinski definition) is 2. The second-order valence-electron chi connectivity index (χ2n) is 3.31. The number of nitrogens with one attached hydrogen (secondary N) is 2. The maximum atomic E-state index is 12.8. The number of pyridine rings is 1. The van der Waals surface area contributed by atoms with E-state index in [4.69, 9.17) is 1.37 Å². The van der Waals surface area contributed by atoms with Crippen molar-refractivity contribution in [1.82, 2.24) is 15.3 Å². The summed E-state index contributed by atoms with van der Waals surface area (Å²) in [5, 5.41) is 3.90. The van der Waals surface area contributed by atoms with E-state index in [0.29, 0.717) is 12.1 Å². The summed E-state index contributed by atoms with van der Waals surface area (Å²) in [7, 11) is 0. The van der Waals surface area contributed by atoms with Gasteiger partial charge in [0.1, 0.15) is 5.65 Å². The topological polar surface area (TPSA) is 40.7 Å². The van der Waals surface area contributed by atoms with Gasteiger partial charge in [0.05, 0.1) is 0 Å². The number of aryl methyl sites for hydroxylation is 1. The van der Waals surface area contributed by atoms with Crippen molar-refractivity contribution >= 4 is 11.0 Å². The van der Waals surface area contributed by atoms with Crippen LogP contribution in [0.1, 0.15) is 13.9 Å². The number of nitrogens with zero attached hydrogens (tertiary/aromatic N) is 1. The molecule has 0 aliphatic carbocycles. The first kappa shape index (κ1) is 8.85. The average molecular weight is 208 g/mol. The van der Waals surface area contributed by atoms with E-state index in [1.807, 2.05) is 6.92 Å². The summed E-state index contributed by atoms with van der Waals surface area (Å²) in [5.74, 6) is -0.491. The summed E-state index contributed by atoms with van der Waals surface area (Å²) < 4.78 is 20.6. The van der Waals surface area contributed by atoms with Crippen LogP contribution in [0.3, 0.4) is 0 Å². The molecule has 0 fully saturated rings. The molecule has 2 rings (SSSR count). The molecule has 4 heteroatoms. The summed E-state index contributed by atoms with van der Waals surface area (Å²) in [6.45, 7) is 2.39. The van der Waals surface area contributed by atoms with Gasteiger partial charge < -0.3 is 10.3 Å². The lowest BCUT2D eigenvalue weighted by Crippen LogP contribution is -2.15. The number of fused-ring (bicyclic) bond motifs is 1. The maximum Gasteiger partial charge on any atom is 0.214 e. The van der Waals surface area contributed by atoms with Crippen molar-refractivity contribution in [1.29, 1.82) is 0 Å². The summed E-state index contributed by atoms with van der Waals surface area (Å²) in [6.07, 6.45) is 2.37. The number of rotatable bonds is 4. The van der Waals surface area contributed by atoms with Crippen LogP contribution in [0.5, 0.6) is 0 Å². The molecule has 0 aliphatic rings. The van der Waals surface area contributed by atoms with Crippen LogP contribution in [0.25, 0.3) is 11.0 Å². The third-order valence-electron chi connectivity index (χ3n) is 2.26. The Bertz CT molecular complexity index is 483. The molecule has 2 aromatic rings. The van der Waals surface area contributed by atoms with Crippen molar-refractivity contribution in [3.63, 3.8) is 0 Å². The van der Waals surface area contributed by atoms with E-state index in [0.717, 1.165) is 17.5 Å². The molecule has 0 spiro atoms. The molecule has 0 saturated heterocycles. The third kappa shape index (κ3) is 2.15. The molecule has 0 radical (unpaired) electrons. The Morgan fingerprint density at radius 1 is 1.60 bits per heavy atom. The zero-order valence-corrected chi connectivity index (χ0v) is 8.55. The van der Waals surface area contributed by atoms with Crippen LogP contribution in [0.15, 0.2) is 18.3 Å². The highest BCUT2D eigenvalue weighted by atomic mass is 19.1. The lowest BCUT2D eigenvalue weighted by Gasteiger charge is -1.99. The van der Waals surface area contributed by atoms with E-state index >= 15 is 0 Å². The van der Waals surface area contributed by atoms with Crippen LogP contribution in [0, 0.1) is 5.95 Å². The summed E-state index contributed by atoms with van der Waals surface area (Å²) in [6, 6.07) is 3.04. The molecule has 2 N–H and O–H groups in total. The van der Waals surface area contributed by atoms with Gasteiger partial charge >= 0.3 is 0 Å². The van der Waals surface area contributed by atoms with Crippen LogP contribution < -0.4 is 5.32 Å². The van der Waals surface area contributed by atoms with Crippen LogP contribution in [0.4, 0.5) is 4.39 Å². The Kier molecular flexibility index (Phi) is 2.60. The minimum absolute atomic E-state index is 0.339. The molecule has 3 nitrogen and oxygen atoms in total. The van der Waals surface area contributed by atoms with Crippen molar-refractivity contribution in [2.75, 3.05) is 13.1 Å². The van der Waals surface area contributed by atoms with Gasteiger partial charge in [-0.1, -0.05) is 6.92 Å². The lowest BCUT2D eigenvalue weighted by molar-refractivity contribution is 0.588. The molecule has 0 aromatic carbocycles. The monoisotopic (exact) mass is 208 g/mol. The average Bonchev–Trinajstić information content (AvgIpc) is 2.61. The SMILES string of the molecule is [2H]C(Cc1c[nH]c2nc(F)ccc12)NCC. The van der Waals surface area contributed by atoms with E-state index in [-0.39, 0.29) is 6.52 Å². The predicted molar refractivity (Wildman–Crippen MR) is 58.3 cm³/mol. The van der Waals surface area contributed by atoms with Crippen molar-refractivity contribution in [3.05, 3.63) is 29.8 Å². The molecule has 0 bridgehead atoms. The Labute approximate surface area is 89.1 Å². The first-order chi connectivity index (χ1) is 7.70. The molecule has 15 heavy (non-hydrogen) atoms. The summed E-state index contributed by atoms with van der Waals surface area (Å²) >= 11 is 0.